The number of unbranched alkanes of at least 4 members (excludes halogenated alkanes) is 11. The lowest BCUT2D eigenvalue weighted by atomic mass is 9.89. The maximum Gasteiger partial charge on any atom is 0.00194 e. The van der Waals surface area contributed by atoms with E-state index in [1.54, 1.807) is 0 Å². The second-order valence-corrected chi connectivity index (χ2v) is 10.9. The Morgan fingerprint density at radius 2 is 0.909 bits per heavy atom. The lowest BCUT2D eigenvalue weighted by Crippen LogP contribution is -2.10. The van der Waals surface area contributed by atoms with Gasteiger partial charge in [0, 0.05) is 5.25 Å². The number of rotatable bonds is 25. The molecule has 0 saturated carbocycles. The first kappa shape index (κ1) is 32.6. The van der Waals surface area contributed by atoms with E-state index < -0.39 is 0 Å². The van der Waals surface area contributed by atoms with Gasteiger partial charge in [0.05, 0.1) is 0 Å². The summed E-state index contributed by atoms with van der Waals surface area (Å²) in [6, 6.07) is 0. The largest absolute Gasteiger partial charge is 0.176 e. The summed E-state index contributed by atoms with van der Waals surface area (Å²) < 4.78 is 0. The number of thiol groups is 1. The second-order valence-electron chi connectivity index (χ2n) is 10.1. The molecule has 2 unspecified atom stereocenters. The molecule has 0 aromatic rings. The van der Waals surface area contributed by atoms with Crippen molar-refractivity contribution in [3.63, 3.8) is 0 Å². The molecule has 0 bridgehead atoms. The molecule has 0 aromatic carbocycles. The summed E-state index contributed by atoms with van der Waals surface area (Å²) >= 11 is 4.94. The lowest BCUT2D eigenvalue weighted by molar-refractivity contribution is 0.373. The van der Waals surface area contributed by atoms with Crippen LogP contribution in [0.5, 0.6) is 0 Å². The van der Waals surface area contributed by atoms with Crippen LogP contribution in [0.15, 0.2) is 36.5 Å². The van der Waals surface area contributed by atoms with Gasteiger partial charge in [0.1, 0.15) is 0 Å². The molecule has 0 N–H and O–H groups in total. The number of hydrogen-bond donors (Lipinski definition) is 1. The fourth-order valence-electron chi connectivity index (χ4n) is 4.53. The molecule has 0 aliphatic carbocycles. The molecule has 0 amide bonds. The van der Waals surface area contributed by atoms with E-state index in [1.165, 1.54) is 122 Å². The molecule has 0 nitrogen and oxygen atoms in total. The monoisotopic (exact) mass is 476 g/mol. The molecule has 194 valence electrons. The fourth-order valence-corrected chi connectivity index (χ4v) is 5.02. The van der Waals surface area contributed by atoms with Crippen LogP contribution in [0.1, 0.15) is 156 Å². The van der Waals surface area contributed by atoms with E-state index in [0.29, 0.717) is 5.25 Å². The Labute approximate surface area is 215 Å². The normalized spacial score (nSPS) is 14.2. The average molecular weight is 477 g/mol. The van der Waals surface area contributed by atoms with E-state index in [0.717, 1.165) is 18.8 Å². The minimum atomic E-state index is 0.625. The van der Waals surface area contributed by atoms with E-state index >= 15 is 0 Å². The zero-order valence-electron chi connectivity index (χ0n) is 22.9. The molecule has 2 atom stereocenters. The van der Waals surface area contributed by atoms with Crippen molar-refractivity contribution >= 4 is 12.6 Å². The van der Waals surface area contributed by atoms with Crippen molar-refractivity contribution in [3.05, 3.63) is 36.5 Å². The molecule has 0 spiro atoms. The maximum atomic E-state index is 4.94. The summed E-state index contributed by atoms with van der Waals surface area (Å²) in [5.41, 5.74) is 0. The Hall–Kier alpha value is -0.430. The summed E-state index contributed by atoms with van der Waals surface area (Å²) in [6.07, 6.45) is 42.0. The third kappa shape index (κ3) is 26.0. The van der Waals surface area contributed by atoms with E-state index in [1.807, 2.05) is 0 Å². The third-order valence-electron chi connectivity index (χ3n) is 6.71. The zero-order valence-corrected chi connectivity index (χ0v) is 23.8. The smallest absolute Gasteiger partial charge is 0.00194 e. The van der Waals surface area contributed by atoms with Gasteiger partial charge in [-0.25, -0.2) is 0 Å². The van der Waals surface area contributed by atoms with Crippen molar-refractivity contribution in [1.82, 2.24) is 0 Å². The van der Waals surface area contributed by atoms with Crippen LogP contribution in [0.4, 0.5) is 0 Å². The number of hydrogen-bond acceptors (Lipinski definition) is 1. The van der Waals surface area contributed by atoms with Crippen LogP contribution in [-0.2, 0) is 0 Å². The predicted octanol–water partition coefficient (Wildman–Crippen LogP) is 11.8. The summed E-state index contributed by atoms with van der Waals surface area (Å²) in [4.78, 5) is 0. The molecular weight excluding hydrogens is 416 g/mol. The van der Waals surface area contributed by atoms with Gasteiger partial charge in [-0.05, 0) is 57.3 Å². The Balaban J connectivity index is 3.87. The van der Waals surface area contributed by atoms with Gasteiger partial charge in [-0.15, -0.1) is 0 Å². The van der Waals surface area contributed by atoms with Crippen molar-refractivity contribution < 1.29 is 0 Å². The highest BCUT2D eigenvalue weighted by molar-refractivity contribution is 7.80. The SMILES string of the molecule is CCCCC/C=C\C/C=C\C/C=C\CCCCCC(CCCCCC)CC(S)CCCCC. The highest BCUT2D eigenvalue weighted by Gasteiger charge is 2.13. The van der Waals surface area contributed by atoms with Crippen molar-refractivity contribution in [1.29, 1.82) is 0 Å². The highest BCUT2D eigenvalue weighted by Crippen LogP contribution is 2.26. The Morgan fingerprint density at radius 3 is 1.48 bits per heavy atom. The topological polar surface area (TPSA) is 0 Å². The summed E-state index contributed by atoms with van der Waals surface area (Å²) in [5, 5.41) is 0.625. The quantitative estimate of drug-likeness (QED) is 0.0755. The summed E-state index contributed by atoms with van der Waals surface area (Å²) in [6.45, 7) is 6.87. The molecule has 0 fully saturated rings. The van der Waals surface area contributed by atoms with Crippen molar-refractivity contribution in [2.45, 2.75) is 161 Å². The van der Waals surface area contributed by atoms with E-state index in [2.05, 4.69) is 57.2 Å². The Morgan fingerprint density at radius 1 is 0.485 bits per heavy atom. The molecule has 0 radical (unpaired) electrons. The third-order valence-corrected chi connectivity index (χ3v) is 7.18. The van der Waals surface area contributed by atoms with Gasteiger partial charge in [-0.3, -0.25) is 0 Å². The van der Waals surface area contributed by atoms with Gasteiger partial charge in [-0.1, -0.05) is 141 Å². The van der Waals surface area contributed by atoms with Gasteiger partial charge in [-0.2, -0.15) is 12.6 Å². The fraction of sp³-hybridized carbons (Fsp3) is 0.812. The molecule has 0 aromatic heterocycles. The van der Waals surface area contributed by atoms with Gasteiger partial charge in [0.25, 0.3) is 0 Å². The van der Waals surface area contributed by atoms with Crippen LogP contribution >= 0.6 is 12.6 Å². The van der Waals surface area contributed by atoms with Crippen molar-refractivity contribution in [3.8, 4) is 0 Å². The van der Waals surface area contributed by atoms with Crippen LogP contribution in [0.3, 0.4) is 0 Å². The van der Waals surface area contributed by atoms with Crippen LogP contribution in [0.25, 0.3) is 0 Å². The highest BCUT2D eigenvalue weighted by atomic mass is 32.1. The average Bonchev–Trinajstić information content (AvgIpc) is 2.81. The molecular formula is C32H60S. The number of allylic oxidation sites excluding steroid dienone is 6. The van der Waals surface area contributed by atoms with Gasteiger partial charge in [0.2, 0.25) is 0 Å². The van der Waals surface area contributed by atoms with Crippen molar-refractivity contribution in [2.75, 3.05) is 0 Å². The Kier molecular flexibility index (Phi) is 27.4. The van der Waals surface area contributed by atoms with Gasteiger partial charge < -0.3 is 0 Å². The van der Waals surface area contributed by atoms with Gasteiger partial charge >= 0.3 is 0 Å². The molecule has 0 saturated heterocycles. The molecule has 0 aliphatic rings. The first-order valence-corrected chi connectivity index (χ1v) is 15.4. The first-order chi connectivity index (χ1) is 16.2. The van der Waals surface area contributed by atoms with E-state index in [4.69, 9.17) is 12.6 Å². The van der Waals surface area contributed by atoms with Crippen molar-refractivity contribution in [2.24, 2.45) is 5.92 Å². The zero-order chi connectivity index (χ0) is 24.2. The second kappa shape index (κ2) is 27.8. The van der Waals surface area contributed by atoms with Crippen LogP contribution in [0.2, 0.25) is 0 Å². The standard InChI is InChI=1S/C32H60S/c1-4-7-10-12-13-14-15-16-17-18-19-20-21-22-23-26-28-31(27-25-11-8-5-2)30-32(33)29-24-9-6-3/h13-14,16-17,19-20,31-33H,4-12,15,18,21-30H2,1-3H3/b14-13-,17-16-,20-19-. The Bertz CT molecular complexity index is 447. The summed E-state index contributed by atoms with van der Waals surface area (Å²) in [5.74, 6) is 0.910. The van der Waals surface area contributed by atoms with Gasteiger partial charge in [0.15, 0.2) is 0 Å². The van der Waals surface area contributed by atoms with Crippen LogP contribution in [0, 0.1) is 5.92 Å². The predicted molar refractivity (Wildman–Crippen MR) is 158 cm³/mol. The molecule has 0 heterocycles. The van der Waals surface area contributed by atoms with E-state index in [-0.39, 0.29) is 0 Å². The first-order valence-electron chi connectivity index (χ1n) is 14.9. The molecule has 1 heteroatoms. The van der Waals surface area contributed by atoms with E-state index in [9.17, 15) is 0 Å². The van der Waals surface area contributed by atoms with Crippen LogP contribution in [-0.4, -0.2) is 5.25 Å². The minimum Gasteiger partial charge on any atom is -0.176 e. The lowest BCUT2D eigenvalue weighted by Gasteiger charge is -2.21. The summed E-state index contributed by atoms with van der Waals surface area (Å²) in [7, 11) is 0. The molecule has 33 heavy (non-hydrogen) atoms. The minimum absolute atomic E-state index is 0.625. The molecule has 0 rings (SSSR count). The van der Waals surface area contributed by atoms with Crippen LogP contribution < -0.4 is 0 Å². The maximum absolute atomic E-state index is 4.94. The molecule has 0 aliphatic heterocycles.